The van der Waals surface area contributed by atoms with Crippen LogP contribution in [0.2, 0.25) is 5.02 Å². The summed E-state index contributed by atoms with van der Waals surface area (Å²) in [5.41, 5.74) is 1.25. The van der Waals surface area contributed by atoms with Gasteiger partial charge in [0.2, 0.25) is 0 Å². The SMILES string of the molecule is CC(O)C1CCN(C(=O)c2ccn(-c3cccc(Cl)c3)n2)CC1. The van der Waals surface area contributed by atoms with Crippen molar-refractivity contribution in [1.29, 1.82) is 0 Å². The van der Waals surface area contributed by atoms with Crippen LogP contribution < -0.4 is 0 Å². The third-order valence-electron chi connectivity index (χ3n) is 4.39. The molecule has 0 aliphatic carbocycles. The number of carbonyl (C=O) groups is 1. The molecule has 0 radical (unpaired) electrons. The van der Waals surface area contributed by atoms with Gasteiger partial charge in [-0.3, -0.25) is 4.79 Å². The Morgan fingerprint density at radius 3 is 2.74 bits per heavy atom. The van der Waals surface area contributed by atoms with Gasteiger partial charge in [0.25, 0.3) is 5.91 Å². The van der Waals surface area contributed by atoms with Crippen LogP contribution in [-0.4, -0.2) is 44.9 Å². The number of hydrogen-bond acceptors (Lipinski definition) is 3. The fourth-order valence-corrected chi connectivity index (χ4v) is 3.13. The number of hydrogen-bond donors (Lipinski definition) is 1. The first-order valence-corrected chi connectivity index (χ1v) is 8.21. The highest BCUT2D eigenvalue weighted by atomic mass is 35.5. The van der Waals surface area contributed by atoms with Crippen LogP contribution in [0, 0.1) is 5.92 Å². The Bertz CT molecular complexity index is 691. The van der Waals surface area contributed by atoms with E-state index in [0.29, 0.717) is 23.8 Å². The quantitative estimate of drug-likeness (QED) is 0.939. The molecule has 1 aliphatic heterocycles. The summed E-state index contributed by atoms with van der Waals surface area (Å²) in [7, 11) is 0. The molecule has 1 unspecified atom stereocenters. The maximum Gasteiger partial charge on any atom is 0.274 e. The number of aliphatic hydroxyl groups is 1. The zero-order valence-electron chi connectivity index (χ0n) is 13.0. The van der Waals surface area contributed by atoms with Gasteiger partial charge in [-0.1, -0.05) is 17.7 Å². The van der Waals surface area contributed by atoms with Crippen molar-refractivity contribution in [3.8, 4) is 5.69 Å². The molecular weight excluding hydrogens is 314 g/mol. The van der Waals surface area contributed by atoms with E-state index in [9.17, 15) is 9.90 Å². The number of piperidine rings is 1. The lowest BCUT2D eigenvalue weighted by Crippen LogP contribution is -2.40. The molecule has 1 fully saturated rings. The molecular formula is C17H20ClN3O2. The van der Waals surface area contributed by atoms with Crippen LogP contribution in [0.4, 0.5) is 0 Å². The monoisotopic (exact) mass is 333 g/mol. The van der Waals surface area contributed by atoms with E-state index < -0.39 is 0 Å². The number of aliphatic hydroxyl groups excluding tert-OH is 1. The summed E-state index contributed by atoms with van der Waals surface area (Å²) in [5.74, 6) is 0.220. The van der Waals surface area contributed by atoms with Gasteiger partial charge in [-0.05, 0) is 49.9 Å². The first kappa shape index (κ1) is 16.0. The summed E-state index contributed by atoms with van der Waals surface area (Å²) < 4.78 is 1.65. The molecule has 3 rings (SSSR count). The maximum absolute atomic E-state index is 12.5. The highest BCUT2D eigenvalue weighted by Crippen LogP contribution is 2.22. The molecule has 2 heterocycles. The van der Waals surface area contributed by atoms with Gasteiger partial charge in [0, 0.05) is 24.3 Å². The van der Waals surface area contributed by atoms with Crippen molar-refractivity contribution in [2.24, 2.45) is 5.92 Å². The van der Waals surface area contributed by atoms with Gasteiger partial charge in [-0.25, -0.2) is 4.68 Å². The lowest BCUT2D eigenvalue weighted by Gasteiger charge is -2.32. The van der Waals surface area contributed by atoms with Crippen molar-refractivity contribution in [2.45, 2.75) is 25.9 Å². The molecule has 0 saturated carbocycles. The van der Waals surface area contributed by atoms with Crippen LogP contribution in [0.5, 0.6) is 0 Å². The number of rotatable bonds is 3. The molecule has 1 atom stereocenters. The molecule has 1 aliphatic rings. The van der Waals surface area contributed by atoms with Crippen molar-refractivity contribution in [3.63, 3.8) is 0 Å². The average Bonchev–Trinajstić information content (AvgIpc) is 3.04. The largest absolute Gasteiger partial charge is 0.393 e. The highest BCUT2D eigenvalue weighted by Gasteiger charge is 2.27. The average molecular weight is 334 g/mol. The minimum absolute atomic E-state index is 0.0604. The molecule has 23 heavy (non-hydrogen) atoms. The fourth-order valence-electron chi connectivity index (χ4n) is 2.95. The fraction of sp³-hybridized carbons (Fsp3) is 0.412. The summed E-state index contributed by atoms with van der Waals surface area (Å²) in [6, 6.07) is 9.07. The topological polar surface area (TPSA) is 58.4 Å². The van der Waals surface area contributed by atoms with Crippen LogP contribution in [0.3, 0.4) is 0 Å². The molecule has 1 aromatic carbocycles. The summed E-state index contributed by atoms with van der Waals surface area (Å²) >= 11 is 5.99. The van der Waals surface area contributed by atoms with Gasteiger partial charge >= 0.3 is 0 Å². The molecule has 1 saturated heterocycles. The van der Waals surface area contributed by atoms with Gasteiger partial charge in [-0.2, -0.15) is 5.10 Å². The Hall–Kier alpha value is -1.85. The van der Waals surface area contributed by atoms with E-state index in [2.05, 4.69) is 5.10 Å². The second kappa shape index (κ2) is 6.72. The van der Waals surface area contributed by atoms with E-state index in [4.69, 9.17) is 11.6 Å². The van der Waals surface area contributed by atoms with Crippen LogP contribution in [0.25, 0.3) is 5.69 Å². The molecule has 1 N–H and O–H groups in total. The van der Waals surface area contributed by atoms with E-state index in [0.717, 1.165) is 18.5 Å². The lowest BCUT2D eigenvalue weighted by molar-refractivity contribution is 0.0516. The van der Waals surface area contributed by atoms with E-state index >= 15 is 0 Å². The maximum atomic E-state index is 12.5. The van der Waals surface area contributed by atoms with Gasteiger partial charge in [0.05, 0.1) is 11.8 Å². The van der Waals surface area contributed by atoms with E-state index in [1.54, 1.807) is 29.1 Å². The van der Waals surface area contributed by atoms with Crippen LogP contribution in [-0.2, 0) is 0 Å². The second-order valence-corrected chi connectivity index (χ2v) is 6.43. The summed E-state index contributed by atoms with van der Waals surface area (Å²) in [6.45, 7) is 3.14. The number of nitrogens with zero attached hydrogens (tertiary/aromatic N) is 3. The first-order chi connectivity index (χ1) is 11.0. The summed E-state index contributed by atoms with van der Waals surface area (Å²) in [5, 5.41) is 14.6. The summed E-state index contributed by atoms with van der Waals surface area (Å²) in [6.07, 6.45) is 3.12. The smallest absolute Gasteiger partial charge is 0.274 e. The molecule has 1 amide bonds. The predicted molar refractivity (Wildman–Crippen MR) is 88.9 cm³/mol. The normalized spacial score (nSPS) is 17.3. The van der Waals surface area contributed by atoms with Crippen molar-refractivity contribution < 1.29 is 9.90 Å². The standard InChI is InChI=1S/C17H20ClN3O2/c1-12(22)13-5-8-20(9-6-13)17(23)16-7-10-21(19-16)15-4-2-3-14(18)11-15/h2-4,7,10-13,22H,5-6,8-9H2,1H3. The Morgan fingerprint density at radius 1 is 1.35 bits per heavy atom. The van der Waals surface area contributed by atoms with E-state index in [-0.39, 0.29) is 17.9 Å². The third-order valence-corrected chi connectivity index (χ3v) is 4.63. The number of halogens is 1. The molecule has 0 bridgehead atoms. The van der Waals surface area contributed by atoms with Crippen LogP contribution >= 0.6 is 11.6 Å². The number of benzene rings is 1. The van der Waals surface area contributed by atoms with Gasteiger partial charge in [0.15, 0.2) is 5.69 Å². The van der Waals surface area contributed by atoms with E-state index in [1.165, 1.54) is 0 Å². The molecule has 0 spiro atoms. The molecule has 2 aromatic rings. The van der Waals surface area contributed by atoms with E-state index in [1.807, 2.05) is 24.0 Å². The Morgan fingerprint density at radius 2 is 2.09 bits per heavy atom. The highest BCUT2D eigenvalue weighted by molar-refractivity contribution is 6.30. The molecule has 5 nitrogen and oxygen atoms in total. The zero-order chi connectivity index (χ0) is 16.4. The Kier molecular flexibility index (Phi) is 4.68. The third kappa shape index (κ3) is 3.57. The van der Waals surface area contributed by atoms with Crippen molar-refractivity contribution in [2.75, 3.05) is 13.1 Å². The minimum atomic E-state index is -0.311. The summed E-state index contributed by atoms with van der Waals surface area (Å²) in [4.78, 5) is 14.4. The molecule has 1 aromatic heterocycles. The van der Waals surface area contributed by atoms with Crippen molar-refractivity contribution >= 4 is 17.5 Å². The Balaban J connectivity index is 1.70. The number of aromatic nitrogens is 2. The van der Waals surface area contributed by atoms with Gasteiger partial charge in [0.1, 0.15) is 0 Å². The number of carbonyl (C=O) groups excluding carboxylic acids is 1. The number of likely N-dealkylation sites (tertiary alicyclic amines) is 1. The van der Waals surface area contributed by atoms with Crippen molar-refractivity contribution in [3.05, 3.63) is 47.2 Å². The zero-order valence-corrected chi connectivity index (χ0v) is 13.8. The first-order valence-electron chi connectivity index (χ1n) is 7.83. The van der Waals surface area contributed by atoms with Crippen molar-refractivity contribution in [1.82, 2.24) is 14.7 Å². The molecule has 122 valence electrons. The second-order valence-electron chi connectivity index (χ2n) is 6.00. The van der Waals surface area contributed by atoms with Crippen LogP contribution in [0.1, 0.15) is 30.3 Å². The molecule has 6 heteroatoms. The van der Waals surface area contributed by atoms with Gasteiger partial charge < -0.3 is 10.0 Å². The van der Waals surface area contributed by atoms with Gasteiger partial charge in [-0.15, -0.1) is 0 Å². The predicted octanol–water partition coefficient (Wildman–Crippen LogP) is 2.76. The van der Waals surface area contributed by atoms with Crippen LogP contribution in [0.15, 0.2) is 36.5 Å². The Labute approximate surface area is 140 Å². The number of amides is 1. The minimum Gasteiger partial charge on any atom is -0.393 e. The lowest BCUT2D eigenvalue weighted by atomic mass is 9.92.